The summed E-state index contributed by atoms with van der Waals surface area (Å²) >= 11 is 0. The predicted octanol–water partition coefficient (Wildman–Crippen LogP) is 3.34. The summed E-state index contributed by atoms with van der Waals surface area (Å²) in [6, 6.07) is 6.93. The highest BCUT2D eigenvalue weighted by atomic mass is 127. The van der Waals surface area contributed by atoms with Gasteiger partial charge in [-0.2, -0.15) is 0 Å². The molecule has 0 heterocycles. The first-order valence-electron chi connectivity index (χ1n) is 7.10. The molecule has 0 atom stereocenters. The standard InChI is InChI=1S/C16H24FN3.HI/c1-19(2)15(20(3)4)18-12-16(10-5-11-16)13-6-8-14(17)9-7-13;/h6-9H,5,10-12H2,1-4H3;1H. The maximum Gasteiger partial charge on any atom is 0.195 e. The van der Waals surface area contributed by atoms with Gasteiger partial charge < -0.3 is 9.80 Å². The van der Waals surface area contributed by atoms with Crippen molar-refractivity contribution in [2.45, 2.75) is 24.7 Å². The van der Waals surface area contributed by atoms with Crippen LogP contribution >= 0.6 is 24.0 Å². The van der Waals surface area contributed by atoms with Crippen LogP contribution in [0.5, 0.6) is 0 Å². The van der Waals surface area contributed by atoms with Crippen LogP contribution in [0.15, 0.2) is 29.3 Å². The van der Waals surface area contributed by atoms with Crippen molar-refractivity contribution in [3.05, 3.63) is 35.6 Å². The number of rotatable bonds is 3. The molecule has 0 unspecified atom stereocenters. The Labute approximate surface area is 144 Å². The molecule has 0 aromatic heterocycles. The quantitative estimate of drug-likeness (QED) is 0.437. The number of nitrogens with zero attached hydrogens (tertiary/aromatic N) is 3. The van der Waals surface area contributed by atoms with E-state index in [9.17, 15) is 4.39 Å². The average Bonchev–Trinajstić information content (AvgIpc) is 2.33. The van der Waals surface area contributed by atoms with Crippen molar-refractivity contribution in [1.82, 2.24) is 9.80 Å². The first-order chi connectivity index (χ1) is 9.44. The molecule has 1 aliphatic carbocycles. The Kier molecular flexibility index (Phi) is 6.43. The molecule has 0 aliphatic heterocycles. The molecule has 118 valence electrons. The molecule has 0 radical (unpaired) electrons. The normalized spacial score (nSPS) is 15.5. The molecule has 1 aromatic carbocycles. The lowest BCUT2D eigenvalue weighted by Crippen LogP contribution is -2.41. The summed E-state index contributed by atoms with van der Waals surface area (Å²) in [5, 5.41) is 0. The molecular formula is C16H25FIN3. The number of hydrogen-bond acceptors (Lipinski definition) is 1. The van der Waals surface area contributed by atoms with Crippen LogP contribution < -0.4 is 0 Å². The molecule has 1 saturated carbocycles. The zero-order valence-electron chi connectivity index (χ0n) is 13.3. The Morgan fingerprint density at radius 1 is 1.10 bits per heavy atom. The van der Waals surface area contributed by atoms with Gasteiger partial charge >= 0.3 is 0 Å². The van der Waals surface area contributed by atoms with E-state index in [-0.39, 0.29) is 35.2 Å². The first-order valence-corrected chi connectivity index (χ1v) is 7.10. The molecule has 0 N–H and O–H groups in total. The second-order valence-corrected chi connectivity index (χ2v) is 6.05. The molecule has 1 aromatic rings. The maximum atomic E-state index is 13.1. The van der Waals surface area contributed by atoms with Crippen LogP contribution in [-0.2, 0) is 5.41 Å². The van der Waals surface area contributed by atoms with Crippen molar-refractivity contribution in [2.75, 3.05) is 34.7 Å². The molecule has 21 heavy (non-hydrogen) atoms. The molecule has 0 saturated heterocycles. The Morgan fingerprint density at radius 2 is 1.62 bits per heavy atom. The van der Waals surface area contributed by atoms with E-state index in [0.29, 0.717) is 0 Å². The molecule has 2 rings (SSSR count). The molecule has 3 nitrogen and oxygen atoms in total. The highest BCUT2D eigenvalue weighted by Gasteiger charge is 2.38. The number of hydrogen-bond donors (Lipinski definition) is 0. The van der Waals surface area contributed by atoms with Gasteiger partial charge in [-0.3, -0.25) is 4.99 Å². The monoisotopic (exact) mass is 405 g/mol. The van der Waals surface area contributed by atoms with Crippen molar-refractivity contribution < 1.29 is 4.39 Å². The Bertz CT molecular complexity index is 469. The first kappa shape index (κ1) is 18.2. The molecule has 5 heteroatoms. The lowest BCUT2D eigenvalue weighted by molar-refractivity contribution is 0.251. The molecule has 0 spiro atoms. The van der Waals surface area contributed by atoms with Gasteiger partial charge in [-0.15, -0.1) is 24.0 Å². The Hall–Kier alpha value is -0.850. The van der Waals surface area contributed by atoms with E-state index in [0.717, 1.165) is 25.3 Å². The van der Waals surface area contributed by atoms with Crippen LogP contribution in [0, 0.1) is 5.82 Å². The van der Waals surface area contributed by atoms with Gasteiger partial charge in [-0.05, 0) is 30.5 Å². The van der Waals surface area contributed by atoms with Crippen molar-refractivity contribution in [1.29, 1.82) is 0 Å². The van der Waals surface area contributed by atoms with E-state index < -0.39 is 0 Å². The molecule has 1 fully saturated rings. The fourth-order valence-electron chi connectivity index (χ4n) is 2.85. The summed E-state index contributed by atoms with van der Waals surface area (Å²) in [4.78, 5) is 8.84. The average molecular weight is 405 g/mol. The fourth-order valence-corrected chi connectivity index (χ4v) is 2.85. The van der Waals surface area contributed by atoms with Gasteiger partial charge in [0.15, 0.2) is 5.96 Å². The highest BCUT2D eigenvalue weighted by Crippen LogP contribution is 2.44. The Morgan fingerprint density at radius 3 is 2.00 bits per heavy atom. The van der Waals surface area contributed by atoms with Crippen molar-refractivity contribution >= 4 is 29.9 Å². The second-order valence-electron chi connectivity index (χ2n) is 6.05. The van der Waals surface area contributed by atoms with Crippen LogP contribution in [0.4, 0.5) is 4.39 Å². The van der Waals surface area contributed by atoms with Gasteiger partial charge in [0.1, 0.15) is 5.82 Å². The summed E-state index contributed by atoms with van der Waals surface area (Å²) in [5.74, 6) is 0.799. The minimum absolute atomic E-state index is 0. The summed E-state index contributed by atoms with van der Waals surface area (Å²) < 4.78 is 13.1. The maximum absolute atomic E-state index is 13.1. The van der Waals surface area contributed by atoms with E-state index in [1.54, 1.807) is 12.1 Å². The topological polar surface area (TPSA) is 18.8 Å². The predicted molar refractivity (Wildman–Crippen MR) is 97.0 cm³/mol. The van der Waals surface area contributed by atoms with E-state index in [2.05, 4.69) is 0 Å². The molecular weight excluding hydrogens is 380 g/mol. The van der Waals surface area contributed by atoms with Crippen molar-refractivity contribution in [3.8, 4) is 0 Å². The van der Waals surface area contributed by atoms with Crippen LogP contribution in [0.3, 0.4) is 0 Å². The Balaban J connectivity index is 0.00000220. The molecule has 1 aliphatic rings. The summed E-state index contributed by atoms with van der Waals surface area (Å²) in [7, 11) is 8.02. The smallest absolute Gasteiger partial charge is 0.195 e. The summed E-state index contributed by atoms with van der Waals surface area (Å²) in [6.07, 6.45) is 3.50. The molecule has 0 amide bonds. The third kappa shape index (κ3) is 4.08. The third-order valence-electron chi connectivity index (χ3n) is 4.09. The number of aliphatic imine (C=N–C) groups is 1. The second kappa shape index (κ2) is 7.42. The van der Waals surface area contributed by atoms with Gasteiger partial charge in [0.2, 0.25) is 0 Å². The molecule has 0 bridgehead atoms. The minimum atomic E-state index is -0.172. The van der Waals surface area contributed by atoms with Gasteiger partial charge in [-0.1, -0.05) is 18.6 Å². The lowest BCUT2D eigenvalue weighted by Gasteiger charge is -2.41. The fraction of sp³-hybridized carbons (Fsp3) is 0.562. The van der Waals surface area contributed by atoms with E-state index in [1.807, 2.05) is 50.1 Å². The van der Waals surface area contributed by atoms with Gasteiger partial charge in [0.25, 0.3) is 0 Å². The van der Waals surface area contributed by atoms with Crippen LogP contribution in [0.1, 0.15) is 24.8 Å². The van der Waals surface area contributed by atoms with E-state index in [1.165, 1.54) is 12.0 Å². The number of halogens is 2. The van der Waals surface area contributed by atoms with E-state index in [4.69, 9.17) is 4.99 Å². The summed E-state index contributed by atoms with van der Waals surface area (Å²) in [5.41, 5.74) is 1.32. The van der Waals surface area contributed by atoms with Crippen molar-refractivity contribution in [3.63, 3.8) is 0 Å². The largest absolute Gasteiger partial charge is 0.349 e. The lowest BCUT2D eigenvalue weighted by atomic mass is 9.64. The SMILES string of the molecule is CN(C)C(=NCC1(c2ccc(F)cc2)CCC1)N(C)C.I. The van der Waals surface area contributed by atoms with Crippen LogP contribution in [0.25, 0.3) is 0 Å². The van der Waals surface area contributed by atoms with Gasteiger partial charge in [-0.25, -0.2) is 4.39 Å². The van der Waals surface area contributed by atoms with Gasteiger partial charge in [0, 0.05) is 33.6 Å². The zero-order chi connectivity index (χ0) is 14.8. The van der Waals surface area contributed by atoms with Crippen LogP contribution in [-0.4, -0.2) is 50.5 Å². The number of benzene rings is 1. The van der Waals surface area contributed by atoms with Crippen molar-refractivity contribution in [2.24, 2.45) is 4.99 Å². The highest BCUT2D eigenvalue weighted by molar-refractivity contribution is 14.0. The zero-order valence-corrected chi connectivity index (χ0v) is 15.6. The van der Waals surface area contributed by atoms with Crippen LogP contribution in [0.2, 0.25) is 0 Å². The van der Waals surface area contributed by atoms with E-state index >= 15 is 0 Å². The summed E-state index contributed by atoms with van der Waals surface area (Å²) in [6.45, 7) is 0.768. The third-order valence-corrected chi connectivity index (χ3v) is 4.09. The van der Waals surface area contributed by atoms with Gasteiger partial charge in [0.05, 0.1) is 6.54 Å². The minimum Gasteiger partial charge on any atom is -0.349 e. The number of guanidine groups is 1.